The maximum Gasteiger partial charge on any atom is 0.194 e. The van der Waals surface area contributed by atoms with Gasteiger partial charge >= 0.3 is 0 Å². The van der Waals surface area contributed by atoms with Crippen molar-refractivity contribution in [2.75, 3.05) is 14.1 Å². The van der Waals surface area contributed by atoms with Gasteiger partial charge in [0.05, 0.1) is 18.8 Å². The minimum absolute atomic E-state index is 0.662. The van der Waals surface area contributed by atoms with Crippen molar-refractivity contribution in [2.24, 2.45) is 12.0 Å². The third-order valence-corrected chi connectivity index (χ3v) is 3.85. The third kappa shape index (κ3) is 4.34. The fourth-order valence-electron chi connectivity index (χ4n) is 2.29. The summed E-state index contributed by atoms with van der Waals surface area (Å²) in [6.07, 6.45) is 2.05. The number of aromatic nitrogens is 2. The van der Waals surface area contributed by atoms with E-state index in [0.29, 0.717) is 6.54 Å². The summed E-state index contributed by atoms with van der Waals surface area (Å²) in [5.41, 5.74) is 3.25. The molecular formula is C16H22BrN5. The van der Waals surface area contributed by atoms with Crippen LogP contribution in [0.1, 0.15) is 17.1 Å². The number of hydrogen-bond acceptors (Lipinski definition) is 2. The van der Waals surface area contributed by atoms with E-state index in [9.17, 15) is 0 Å². The molecule has 0 bridgehead atoms. The zero-order valence-corrected chi connectivity index (χ0v) is 15.1. The number of halogens is 1. The highest BCUT2D eigenvalue weighted by atomic mass is 79.9. The van der Waals surface area contributed by atoms with Gasteiger partial charge in [-0.05, 0) is 41.1 Å². The molecule has 0 saturated carbocycles. The maximum atomic E-state index is 4.49. The number of rotatable bonds is 4. The summed E-state index contributed by atoms with van der Waals surface area (Å²) in [6, 6.07) is 8.15. The van der Waals surface area contributed by atoms with Gasteiger partial charge in [-0.1, -0.05) is 6.07 Å². The topological polar surface area (TPSA) is 45.5 Å². The van der Waals surface area contributed by atoms with Crippen molar-refractivity contribution >= 4 is 21.9 Å². The van der Waals surface area contributed by atoms with Gasteiger partial charge in [0.1, 0.15) is 0 Å². The molecule has 0 aliphatic heterocycles. The lowest BCUT2D eigenvalue weighted by Gasteiger charge is -2.22. The highest BCUT2D eigenvalue weighted by molar-refractivity contribution is 9.10. The zero-order chi connectivity index (χ0) is 16.1. The monoisotopic (exact) mass is 363 g/mol. The molecule has 0 fully saturated rings. The molecule has 2 heterocycles. The minimum Gasteiger partial charge on any atom is -0.352 e. The van der Waals surface area contributed by atoms with E-state index in [0.717, 1.165) is 28.4 Å². The second-order valence-electron chi connectivity index (χ2n) is 5.29. The fourth-order valence-corrected chi connectivity index (χ4v) is 2.86. The van der Waals surface area contributed by atoms with Crippen LogP contribution in [0.25, 0.3) is 0 Å². The summed E-state index contributed by atoms with van der Waals surface area (Å²) in [5.74, 6) is 0.848. The molecule has 0 aliphatic rings. The largest absolute Gasteiger partial charge is 0.352 e. The van der Waals surface area contributed by atoms with Gasteiger partial charge in [0.2, 0.25) is 0 Å². The van der Waals surface area contributed by atoms with Crippen LogP contribution in [0.2, 0.25) is 0 Å². The molecule has 2 aromatic heterocycles. The average Bonchev–Trinajstić information content (AvgIpc) is 2.77. The second kappa shape index (κ2) is 7.45. The summed E-state index contributed by atoms with van der Waals surface area (Å²) in [5, 5.41) is 3.35. The molecule has 118 valence electrons. The Hall–Kier alpha value is -1.82. The van der Waals surface area contributed by atoms with Crippen LogP contribution in [-0.4, -0.2) is 34.5 Å². The van der Waals surface area contributed by atoms with Gasteiger partial charge in [-0.25, -0.2) is 0 Å². The van der Waals surface area contributed by atoms with Crippen LogP contribution < -0.4 is 5.32 Å². The van der Waals surface area contributed by atoms with Crippen molar-refractivity contribution in [2.45, 2.75) is 20.0 Å². The number of guanidine groups is 1. The molecule has 0 radical (unpaired) electrons. The normalized spacial score (nSPS) is 11.6. The van der Waals surface area contributed by atoms with Crippen molar-refractivity contribution in [3.05, 3.63) is 52.0 Å². The summed E-state index contributed by atoms with van der Waals surface area (Å²) in [4.78, 5) is 10.9. The highest BCUT2D eigenvalue weighted by Crippen LogP contribution is 2.15. The van der Waals surface area contributed by atoms with Gasteiger partial charge in [0.15, 0.2) is 5.96 Å². The molecule has 0 aromatic carbocycles. The fraction of sp³-hybridized carbons (Fsp3) is 0.375. The lowest BCUT2D eigenvalue weighted by Crippen LogP contribution is -2.38. The van der Waals surface area contributed by atoms with Gasteiger partial charge in [-0.15, -0.1) is 0 Å². The van der Waals surface area contributed by atoms with E-state index >= 15 is 0 Å². The zero-order valence-electron chi connectivity index (χ0n) is 13.5. The number of nitrogens with zero attached hydrogens (tertiary/aromatic N) is 4. The maximum absolute atomic E-state index is 4.49. The molecule has 0 aliphatic carbocycles. The molecule has 0 amide bonds. The van der Waals surface area contributed by atoms with Crippen LogP contribution in [-0.2, 0) is 20.1 Å². The number of hydrogen-bond donors (Lipinski definition) is 1. The lowest BCUT2D eigenvalue weighted by molar-refractivity contribution is 0.461. The Kier molecular flexibility index (Phi) is 5.60. The molecule has 22 heavy (non-hydrogen) atoms. The van der Waals surface area contributed by atoms with Gasteiger partial charge in [0.25, 0.3) is 0 Å². The average molecular weight is 364 g/mol. The third-order valence-electron chi connectivity index (χ3n) is 3.42. The van der Waals surface area contributed by atoms with E-state index in [4.69, 9.17) is 0 Å². The molecule has 5 nitrogen and oxygen atoms in total. The van der Waals surface area contributed by atoms with E-state index in [1.807, 2.05) is 39.2 Å². The summed E-state index contributed by atoms with van der Waals surface area (Å²) < 4.78 is 3.20. The molecule has 0 spiro atoms. The number of aliphatic imine (C=N–C) groups is 1. The van der Waals surface area contributed by atoms with Gasteiger partial charge in [-0.2, -0.15) is 0 Å². The Balaban J connectivity index is 1.97. The van der Waals surface area contributed by atoms with E-state index in [1.165, 1.54) is 5.69 Å². The van der Waals surface area contributed by atoms with Crippen molar-refractivity contribution in [1.82, 2.24) is 19.8 Å². The van der Waals surface area contributed by atoms with Crippen LogP contribution in [0.15, 0.2) is 39.9 Å². The molecule has 2 aromatic rings. The first-order chi connectivity index (χ1) is 10.5. The van der Waals surface area contributed by atoms with E-state index in [-0.39, 0.29) is 0 Å². The van der Waals surface area contributed by atoms with Crippen molar-refractivity contribution < 1.29 is 0 Å². The van der Waals surface area contributed by atoms with E-state index < -0.39 is 0 Å². The quantitative estimate of drug-likeness (QED) is 0.670. The first-order valence-corrected chi connectivity index (χ1v) is 7.94. The van der Waals surface area contributed by atoms with E-state index in [2.05, 4.69) is 53.0 Å². The summed E-state index contributed by atoms with van der Waals surface area (Å²) in [7, 11) is 5.87. The minimum atomic E-state index is 0.662. The van der Waals surface area contributed by atoms with Gasteiger partial charge in [0, 0.05) is 43.2 Å². The molecule has 6 heteroatoms. The Morgan fingerprint density at radius 1 is 1.45 bits per heavy atom. The SMILES string of the molecule is CN=C(NCc1cccc(C)n1)N(C)Cc1cc(Br)cn1C. The molecular weight excluding hydrogens is 342 g/mol. The van der Waals surface area contributed by atoms with Crippen LogP contribution >= 0.6 is 15.9 Å². The predicted molar refractivity (Wildman–Crippen MR) is 93.8 cm³/mol. The highest BCUT2D eigenvalue weighted by Gasteiger charge is 2.09. The summed E-state index contributed by atoms with van der Waals surface area (Å²) in [6.45, 7) is 3.44. The molecule has 0 unspecified atom stereocenters. The summed E-state index contributed by atoms with van der Waals surface area (Å²) >= 11 is 3.50. The van der Waals surface area contributed by atoms with E-state index in [1.54, 1.807) is 7.05 Å². The Labute approximate surface area is 140 Å². The van der Waals surface area contributed by atoms with Crippen LogP contribution in [0, 0.1) is 6.92 Å². The van der Waals surface area contributed by atoms with Crippen molar-refractivity contribution in [1.29, 1.82) is 0 Å². The molecule has 0 saturated heterocycles. The van der Waals surface area contributed by atoms with Crippen LogP contribution in [0.4, 0.5) is 0 Å². The van der Waals surface area contributed by atoms with Crippen molar-refractivity contribution in [3.63, 3.8) is 0 Å². The number of aryl methyl sites for hydroxylation is 2. The van der Waals surface area contributed by atoms with Gasteiger partial charge in [-0.3, -0.25) is 9.98 Å². The van der Waals surface area contributed by atoms with Gasteiger partial charge < -0.3 is 14.8 Å². The Morgan fingerprint density at radius 2 is 2.23 bits per heavy atom. The first-order valence-electron chi connectivity index (χ1n) is 7.14. The van der Waals surface area contributed by atoms with Crippen LogP contribution in [0.3, 0.4) is 0 Å². The first kappa shape index (κ1) is 16.5. The number of pyridine rings is 1. The molecule has 1 N–H and O–H groups in total. The molecule has 0 atom stereocenters. The smallest absolute Gasteiger partial charge is 0.194 e. The number of nitrogens with one attached hydrogen (secondary N) is 1. The standard InChI is InChI=1S/C16H22BrN5/c1-12-6-5-7-14(20-12)9-19-16(18-2)22(4)11-15-8-13(17)10-21(15)3/h5-8,10H,9,11H2,1-4H3,(H,18,19). The lowest BCUT2D eigenvalue weighted by atomic mass is 10.3. The molecule has 2 rings (SSSR count). The Morgan fingerprint density at radius 3 is 2.82 bits per heavy atom. The van der Waals surface area contributed by atoms with Crippen LogP contribution in [0.5, 0.6) is 0 Å². The second-order valence-corrected chi connectivity index (χ2v) is 6.20. The predicted octanol–water partition coefficient (Wildman–Crippen LogP) is 2.70. The Bertz CT molecular complexity index is 662. The van der Waals surface area contributed by atoms with Crippen molar-refractivity contribution in [3.8, 4) is 0 Å².